The molecule has 1 rings (SSSR count). The van der Waals surface area contributed by atoms with Gasteiger partial charge in [0.2, 0.25) is 0 Å². The van der Waals surface area contributed by atoms with Crippen molar-refractivity contribution in [1.29, 1.82) is 0 Å². The van der Waals surface area contributed by atoms with E-state index >= 15 is 0 Å². The van der Waals surface area contributed by atoms with E-state index in [1.165, 1.54) is 6.92 Å². The first-order valence-electron chi connectivity index (χ1n) is 4.04. The lowest BCUT2D eigenvalue weighted by Gasteiger charge is -2.46. The maximum Gasteiger partial charge on any atom is 0.251 e. The van der Waals surface area contributed by atoms with Gasteiger partial charge in [0.15, 0.2) is 0 Å². The Balaban J connectivity index is 2.53. The van der Waals surface area contributed by atoms with Gasteiger partial charge in [-0.15, -0.1) is 0 Å². The molecule has 1 N–H and O–H groups in total. The monoisotopic (exact) mass is 157 g/mol. The van der Waals surface area contributed by atoms with Gasteiger partial charge in [-0.3, -0.25) is 4.79 Å². The smallest absolute Gasteiger partial charge is 0.251 e. The highest BCUT2D eigenvalue weighted by atomic mass is 16.3. The number of aliphatic hydroxyl groups is 1. The molecule has 0 radical (unpaired) electrons. The fourth-order valence-corrected chi connectivity index (χ4v) is 1.67. The number of hydrogen-bond donors (Lipinski definition) is 1. The summed E-state index contributed by atoms with van der Waals surface area (Å²) in [7, 11) is 0. The third kappa shape index (κ3) is 1.38. The van der Waals surface area contributed by atoms with Crippen molar-refractivity contribution in [2.45, 2.75) is 45.4 Å². The number of rotatable bonds is 1. The molecular formula is C8H15NO2. The van der Waals surface area contributed by atoms with Crippen LogP contribution in [0.1, 0.15) is 27.2 Å². The van der Waals surface area contributed by atoms with Gasteiger partial charge in [0.05, 0.1) is 0 Å². The Morgan fingerprint density at radius 1 is 1.55 bits per heavy atom. The van der Waals surface area contributed by atoms with Crippen molar-refractivity contribution in [3.8, 4) is 0 Å². The third-order valence-electron chi connectivity index (χ3n) is 2.24. The van der Waals surface area contributed by atoms with Gasteiger partial charge in [0.1, 0.15) is 6.10 Å². The summed E-state index contributed by atoms with van der Waals surface area (Å²) in [6.45, 7) is 5.51. The fraction of sp³-hybridized carbons (Fsp3) is 0.875. The number of likely N-dealkylation sites (tertiary alicyclic amines) is 1. The summed E-state index contributed by atoms with van der Waals surface area (Å²) in [5.41, 5.74) is 0. The van der Waals surface area contributed by atoms with E-state index < -0.39 is 6.10 Å². The van der Waals surface area contributed by atoms with Gasteiger partial charge in [-0.05, 0) is 27.2 Å². The van der Waals surface area contributed by atoms with E-state index in [0.29, 0.717) is 12.1 Å². The molecule has 1 aliphatic rings. The zero-order valence-corrected chi connectivity index (χ0v) is 7.24. The highest BCUT2D eigenvalue weighted by molar-refractivity contribution is 5.81. The lowest BCUT2D eigenvalue weighted by Crippen LogP contribution is -2.58. The Morgan fingerprint density at radius 3 is 2.18 bits per heavy atom. The molecular weight excluding hydrogens is 142 g/mol. The summed E-state index contributed by atoms with van der Waals surface area (Å²) in [6, 6.07) is 0.624. The van der Waals surface area contributed by atoms with Crippen molar-refractivity contribution < 1.29 is 9.90 Å². The summed E-state index contributed by atoms with van der Waals surface area (Å²) >= 11 is 0. The summed E-state index contributed by atoms with van der Waals surface area (Å²) in [5.74, 6) is -0.142. The molecule has 0 aromatic rings. The molecule has 3 heteroatoms. The van der Waals surface area contributed by atoms with Crippen LogP contribution in [0.15, 0.2) is 0 Å². The Kier molecular flexibility index (Phi) is 2.18. The van der Waals surface area contributed by atoms with Crippen molar-refractivity contribution in [2.24, 2.45) is 0 Å². The van der Waals surface area contributed by atoms with Gasteiger partial charge >= 0.3 is 0 Å². The molecule has 1 heterocycles. The van der Waals surface area contributed by atoms with E-state index in [4.69, 9.17) is 5.11 Å². The standard InChI is InChI=1S/C8H15NO2/c1-5-4-6(2)9(5)8(11)7(3)10/h5-7,10H,4H2,1-3H3. The number of aliphatic hydroxyl groups excluding tert-OH is 1. The summed E-state index contributed by atoms with van der Waals surface area (Å²) in [4.78, 5) is 13.0. The van der Waals surface area contributed by atoms with Gasteiger partial charge in [0.25, 0.3) is 5.91 Å². The van der Waals surface area contributed by atoms with Crippen LogP contribution in [0.4, 0.5) is 0 Å². The van der Waals surface area contributed by atoms with E-state index in [2.05, 4.69) is 0 Å². The maximum absolute atomic E-state index is 11.2. The lowest BCUT2D eigenvalue weighted by molar-refractivity contribution is -0.151. The third-order valence-corrected chi connectivity index (χ3v) is 2.24. The molecule has 3 nitrogen and oxygen atoms in total. The second kappa shape index (κ2) is 2.81. The molecule has 3 unspecified atom stereocenters. The number of carbonyl (C=O) groups excluding carboxylic acids is 1. The maximum atomic E-state index is 11.2. The van der Waals surface area contributed by atoms with E-state index in [1.54, 1.807) is 4.90 Å². The molecule has 3 atom stereocenters. The molecule has 0 saturated carbocycles. The number of nitrogens with zero attached hydrogens (tertiary/aromatic N) is 1. The minimum absolute atomic E-state index is 0.142. The Morgan fingerprint density at radius 2 is 2.00 bits per heavy atom. The van der Waals surface area contributed by atoms with Crippen LogP contribution >= 0.6 is 0 Å². The molecule has 0 aromatic carbocycles. The second-order valence-corrected chi connectivity index (χ2v) is 3.36. The van der Waals surface area contributed by atoms with Crippen LogP contribution in [0.3, 0.4) is 0 Å². The highest BCUT2D eigenvalue weighted by Crippen LogP contribution is 2.25. The van der Waals surface area contributed by atoms with Crippen LogP contribution in [0.25, 0.3) is 0 Å². The van der Waals surface area contributed by atoms with E-state index in [9.17, 15) is 4.79 Å². The van der Waals surface area contributed by atoms with Gasteiger partial charge < -0.3 is 10.0 Å². The van der Waals surface area contributed by atoms with Gasteiger partial charge in [-0.1, -0.05) is 0 Å². The lowest BCUT2D eigenvalue weighted by atomic mass is 9.95. The minimum Gasteiger partial charge on any atom is -0.384 e. The highest BCUT2D eigenvalue weighted by Gasteiger charge is 2.36. The predicted octanol–water partition coefficient (Wildman–Crippen LogP) is 0.376. The van der Waals surface area contributed by atoms with Crippen molar-refractivity contribution in [1.82, 2.24) is 4.90 Å². The van der Waals surface area contributed by atoms with Crippen molar-refractivity contribution in [2.75, 3.05) is 0 Å². The molecule has 1 aliphatic heterocycles. The normalized spacial score (nSPS) is 32.9. The average molecular weight is 157 g/mol. The summed E-state index contributed by atoms with van der Waals surface area (Å²) in [6.07, 6.45) is 0.207. The molecule has 11 heavy (non-hydrogen) atoms. The Hall–Kier alpha value is -0.570. The van der Waals surface area contributed by atoms with Gasteiger partial charge in [-0.25, -0.2) is 0 Å². The van der Waals surface area contributed by atoms with Crippen molar-refractivity contribution in [3.05, 3.63) is 0 Å². The quantitative estimate of drug-likeness (QED) is 0.597. The minimum atomic E-state index is -0.847. The Bertz CT molecular complexity index is 159. The predicted molar refractivity (Wildman–Crippen MR) is 42.1 cm³/mol. The first-order chi connectivity index (χ1) is 5.04. The molecule has 0 aliphatic carbocycles. The van der Waals surface area contributed by atoms with Crippen LogP contribution in [-0.2, 0) is 4.79 Å². The molecule has 1 saturated heterocycles. The van der Waals surface area contributed by atoms with E-state index in [0.717, 1.165) is 6.42 Å². The van der Waals surface area contributed by atoms with E-state index in [1.807, 2.05) is 13.8 Å². The van der Waals surface area contributed by atoms with E-state index in [-0.39, 0.29) is 5.91 Å². The Labute approximate surface area is 67.0 Å². The molecule has 0 aromatic heterocycles. The molecule has 64 valence electrons. The zero-order valence-electron chi connectivity index (χ0n) is 7.24. The van der Waals surface area contributed by atoms with Crippen LogP contribution in [0.2, 0.25) is 0 Å². The SMILES string of the molecule is CC(O)C(=O)N1C(C)CC1C. The van der Waals surface area contributed by atoms with Crippen LogP contribution in [-0.4, -0.2) is 34.1 Å². The summed E-state index contributed by atoms with van der Waals surface area (Å²) < 4.78 is 0. The van der Waals surface area contributed by atoms with Gasteiger partial charge in [0, 0.05) is 12.1 Å². The topological polar surface area (TPSA) is 40.5 Å². The number of amides is 1. The first kappa shape index (κ1) is 8.53. The molecule has 0 bridgehead atoms. The van der Waals surface area contributed by atoms with Crippen LogP contribution < -0.4 is 0 Å². The number of carbonyl (C=O) groups is 1. The molecule has 1 amide bonds. The number of hydrogen-bond acceptors (Lipinski definition) is 2. The van der Waals surface area contributed by atoms with Crippen LogP contribution in [0.5, 0.6) is 0 Å². The molecule has 0 spiro atoms. The average Bonchev–Trinajstić information content (AvgIpc) is 1.86. The largest absolute Gasteiger partial charge is 0.384 e. The first-order valence-corrected chi connectivity index (χ1v) is 4.04. The second-order valence-electron chi connectivity index (χ2n) is 3.36. The van der Waals surface area contributed by atoms with Crippen LogP contribution in [0, 0.1) is 0 Å². The van der Waals surface area contributed by atoms with Crippen molar-refractivity contribution in [3.63, 3.8) is 0 Å². The summed E-state index contributed by atoms with van der Waals surface area (Å²) in [5, 5.41) is 9.00. The van der Waals surface area contributed by atoms with Crippen molar-refractivity contribution >= 4 is 5.91 Å². The zero-order chi connectivity index (χ0) is 8.59. The fourth-order valence-electron chi connectivity index (χ4n) is 1.67. The van der Waals surface area contributed by atoms with Gasteiger partial charge in [-0.2, -0.15) is 0 Å². The molecule has 1 fully saturated rings.